The van der Waals surface area contributed by atoms with Crippen LogP contribution in [0.3, 0.4) is 0 Å². The van der Waals surface area contributed by atoms with E-state index in [1.807, 2.05) is 12.4 Å². The molecule has 2 aliphatic carbocycles. The number of hydrogen-bond donors (Lipinski definition) is 1. The highest BCUT2D eigenvalue weighted by Gasteiger charge is 2.46. The summed E-state index contributed by atoms with van der Waals surface area (Å²) < 4.78 is 0. The molecule has 2 N–H and O–H groups in total. The van der Waals surface area contributed by atoms with Crippen LogP contribution >= 0.6 is 0 Å². The Morgan fingerprint density at radius 2 is 1.52 bits per heavy atom. The molecule has 2 nitrogen and oxygen atoms in total. The Labute approximate surface area is 195 Å². The first-order chi connectivity index (χ1) is 16.2. The Morgan fingerprint density at radius 1 is 0.788 bits per heavy atom. The minimum Gasteiger partial charge on any atom is -0.324 e. The summed E-state index contributed by atoms with van der Waals surface area (Å²) in [6, 6.07) is 28.7. The van der Waals surface area contributed by atoms with Crippen molar-refractivity contribution in [3.05, 3.63) is 143 Å². The van der Waals surface area contributed by atoms with E-state index in [1.165, 1.54) is 50.1 Å². The summed E-state index contributed by atoms with van der Waals surface area (Å²) in [5.74, 6) is 0. The molecule has 0 spiro atoms. The summed E-state index contributed by atoms with van der Waals surface area (Å²) in [5, 5.41) is 0. The lowest BCUT2D eigenvalue weighted by molar-refractivity contribution is 0.765. The van der Waals surface area contributed by atoms with E-state index in [-0.39, 0.29) is 11.5 Å². The van der Waals surface area contributed by atoms with Crippen molar-refractivity contribution in [3.8, 4) is 11.1 Å². The van der Waals surface area contributed by atoms with Crippen LogP contribution in [-0.2, 0) is 5.41 Å². The Kier molecular flexibility index (Phi) is 4.63. The highest BCUT2D eigenvalue weighted by Crippen LogP contribution is 2.57. The third-order valence-electron chi connectivity index (χ3n) is 7.30. The van der Waals surface area contributed by atoms with Crippen molar-refractivity contribution in [3.63, 3.8) is 0 Å². The second-order valence-electron chi connectivity index (χ2n) is 8.95. The van der Waals surface area contributed by atoms with Gasteiger partial charge in [0.2, 0.25) is 0 Å². The number of pyridine rings is 1. The molecule has 4 aromatic rings. The summed E-state index contributed by atoms with van der Waals surface area (Å²) in [6.45, 7) is 2.25. The molecular formula is C31H26N2. The van der Waals surface area contributed by atoms with Crippen LogP contribution in [0.25, 0.3) is 16.7 Å². The van der Waals surface area contributed by atoms with Crippen LogP contribution in [0.5, 0.6) is 0 Å². The topological polar surface area (TPSA) is 38.9 Å². The first-order valence-electron chi connectivity index (χ1n) is 11.6. The molecule has 1 heterocycles. The maximum absolute atomic E-state index is 6.53. The van der Waals surface area contributed by atoms with E-state index in [0.717, 1.165) is 6.42 Å². The monoisotopic (exact) mass is 426 g/mol. The van der Waals surface area contributed by atoms with Crippen molar-refractivity contribution < 1.29 is 0 Å². The SMILES string of the molecule is Cc1c(C2=CC=CCC2N)ccc2c1-c1ccccc1C2(c1ccccc1)c1ccncc1. The lowest BCUT2D eigenvalue weighted by atomic mass is 9.67. The molecular weight excluding hydrogens is 400 g/mol. The molecule has 1 aromatic heterocycles. The van der Waals surface area contributed by atoms with E-state index in [1.54, 1.807) is 0 Å². The Bertz CT molecular complexity index is 1360. The molecule has 0 saturated heterocycles. The highest BCUT2D eigenvalue weighted by atomic mass is 14.6. The average molecular weight is 427 g/mol. The van der Waals surface area contributed by atoms with Gasteiger partial charge in [-0.2, -0.15) is 0 Å². The van der Waals surface area contributed by atoms with Crippen LogP contribution in [0.2, 0.25) is 0 Å². The number of allylic oxidation sites excluding steroid dienone is 2. The van der Waals surface area contributed by atoms with Gasteiger partial charge < -0.3 is 5.73 Å². The summed E-state index contributed by atoms with van der Waals surface area (Å²) in [4.78, 5) is 4.33. The highest BCUT2D eigenvalue weighted by molar-refractivity contribution is 5.91. The van der Waals surface area contributed by atoms with Crippen LogP contribution in [-0.4, -0.2) is 11.0 Å². The molecule has 0 amide bonds. The van der Waals surface area contributed by atoms with E-state index in [9.17, 15) is 0 Å². The predicted molar refractivity (Wildman–Crippen MR) is 136 cm³/mol. The number of fused-ring (bicyclic) bond motifs is 3. The summed E-state index contributed by atoms with van der Waals surface area (Å²) in [5.41, 5.74) is 17.7. The first kappa shape index (κ1) is 19.9. The molecule has 33 heavy (non-hydrogen) atoms. The lowest BCUT2D eigenvalue weighted by Crippen LogP contribution is -2.28. The van der Waals surface area contributed by atoms with E-state index in [2.05, 4.69) is 109 Å². The standard InChI is InChI=1S/C31H26N2/c1-21-24(25-11-6-8-14-29(25)32)15-16-28-30(21)26-12-5-7-13-27(26)31(28,22-9-3-2-4-10-22)23-17-19-33-20-18-23/h2-13,15-20,29H,14,32H2,1H3. The van der Waals surface area contributed by atoms with Gasteiger partial charge in [-0.15, -0.1) is 0 Å². The van der Waals surface area contributed by atoms with E-state index < -0.39 is 0 Å². The van der Waals surface area contributed by atoms with Crippen molar-refractivity contribution >= 4 is 5.57 Å². The fourth-order valence-corrected chi connectivity index (χ4v) is 5.87. The molecule has 6 rings (SSSR count). The van der Waals surface area contributed by atoms with Gasteiger partial charge in [-0.1, -0.05) is 85.0 Å². The van der Waals surface area contributed by atoms with Gasteiger partial charge in [0.1, 0.15) is 0 Å². The zero-order valence-corrected chi connectivity index (χ0v) is 18.7. The maximum atomic E-state index is 6.53. The molecule has 0 aliphatic heterocycles. The van der Waals surface area contributed by atoms with Crippen molar-refractivity contribution in [1.82, 2.24) is 4.98 Å². The maximum Gasteiger partial charge on any atom is 0.0714 e. The summed E-state index contributed by atoms with van der Waals surface area (Å²) in [6.07, 6.45) is 11.1. The lowest BCUT2D eigenvalue weighted by Gasteiger charge is -2.34. The summed E-state index contributed by atoms with van der Waals surface area (Å²) in [7, 11) is 0. The fourth-order valence-electron chi connectivity index (χ4n) is 5.87. The van der Waals surface area contributed by atoms with Gasteiger partial charge in [0, 0.05) is 18.4 Å². The van der Waals surface area contributed by atoms with Crippen LogP contribution in [0.15, 0.2) is 109 Å². The molecule has 160 valence electrons. The van der Waals surface area contributed by atoms with Gasteiger partial charge in [-0.3, -0.25) is 4.98 Å². The third-order valence-corrected chi connectivity index (χ3v) is 7.30. The zero-order chi connectivity index (χ0) is 22.4. The molecule has 0 bridgehead atoms. The van der Waals surface area contributed by atoms with E-state index in [0.29, 0.717) is 0 Å². The number of benzene rings is 3. The third kappa shape index (κ3) is 2.81. The van der Waals surface area contributed by atoms with Crippen LogP contribution in [0.1, 0.15) is 39.8 Å². The largest absolute Gasteiger partial charge is 0.324 e. The van der Waals surface area contributed by atoms with Gasteiger partial charge in [0.05, 0.1) is 5.41 Å². The average Bonchev–Trinajstić information content (AvgIpc) is 3.18. The molecule has 2 aliphatic rings. The Hall–Kier alpha value is -3.75. The van der Waals surface area contributed by atoms with Gasteiger partial charge in [0.15, 0.2) is 0 Å². The Balaban J connectivity index is 1.73. The van der Waals surface area contributed by atoms with E-state index in [4.69, 9.17) is 5.73 Å². The second kappa shape index (κ2) is 7.68. The van der Waals surface area contributed by atoms with Crippen LogP contribution in [0, 0.1) is 6.92 Å². The zero-order valence-electron chi connectivity index (χ0n) is 18.7. The van der Waals surface area contributed by atoms with Gasteiger partial charge >= 0.3 is 0 Å². The number of nitrogens with two attached hydrogens (primary N) is 1. The number of aromatic nitrogens is 1. The van der Waals surface area contributed by atoms with Crippen molar-refractivity contribution in [2.24, 2.45) is 5.73 Å². The number of nitrogens with zero attached hydrogens (tertiary/aromatic N) is 1. The predicted octanol–water partition coefficient (Wildman–Crippen LogP) is 6.42. The normalized spacial score (nSPS) is 20.8. The molecule has 0 fully saturated rings. The van der Waals surface area contributed by atoms with Crippen LogP contribution < -0.4 is 5.73 Å². The van der Waals surface area contributed by atoms with Gasteiger partial charge in [0.25, 0.3) is 0 Å². The molecule has 0 saturated carbocycles. The molecule has 3 aromatic carbocycles. The molecule has 2 heteroatoms. The fraction of sp³-hybridized carbons (Fsp3) is 0.129. The smallest absolute Gasteiger partial charge is 0.0714 e. The second-order valence-corrected chi connectivity index (χ2v) is 8.95. The van der Waals surface area contributed by atoms with Gasteiger partial charge in [-0.05, 0) is 75.6 Å². The molecule has 2 atom stereocenters. The first-order valence-corrected chi connectivity index (χ1v) is 11.6. The molecule has 0 radical (unpaired) electrons. The quantitative estimate of drug-likeness (QED) is 0.361. The van der Waals surface area contributed by atoms with Crippen molar-refractivity contribution in [1.29, 1.82) is 0 Å². The minimum absolute atomic E-state index is 0.0301. The van der Waals surface area contributed by atoms with Crippen LogP contribution in [0.4, 0.5) is 0 Å². The van der Waals surface area contributed by atoms with Crippen molar-refractivity contribution in [2.45, 2.75) is 24.8 Å². The van der Waals surface area contributed by atoms with E-state index >= 15 is 0 Å². The number of hydrogen-bond acceptors (Lipinski definition) is 2. The molecule has 2 unspecified atom stereocenters. The van der Waals surface area contributed by atoms with Gasteiger partial charge in [-0.25, -0.2) is 0 Å². The minimum atomic E-state index is -0.387. The van der Waals surface area contributed by atoms with Crippen molar-refractivity contribution in [2.75, 3.05) is 0 Å². The number of rotatable bonds is 3. The summed E-state index contributed by atoms with van der Waals surface area (Å²) >= 11 is 0. The Morgan fingerprint density at radius 3 is 2.30 bits per heavy atom.